The first-order valence-electron chi connectivity index (χ1n) is 5.75. The van der Waals surface area contributed by atoms with Crippen LogP contribution in [0.15, 0.2) is 42.5 Å². The lowest BCUT2D eigenvalue weighted by molar-refractivity contribution is 0.178. The lowest BCUT2D eigenvalue weighted by Crippen LogP contribution is -2.03. The van der Waals surface area contributed by atoms with Gasteiger partial charge >= 0.3 is 0 Å². The molecule has 0 aliphatic carbocycles. The van der Waals surface area contributed by atoms with Crippen molar-refractivity contribution < 1.29 is 5.11 Å². The summed E-state index contributed by atoms with van der Waals surface area (Å²) in [6, 6.07) is 13.2. The zero-order valence-corrected chi connectivity index (χ0v) is 11.5. The van der Waals surface area contributed by atoms with Crippen LogP contribution in [0.5, 0.6) is 0 Å². The molecule has 1 unspecified atom stereocenters. The van der Waals surface area contributed by atoms with E-state index in [1.54, 1.807) is 0 Å². The van der Waals surface area contributed by atoms with E-state index >= 15 is 0 Å². The lowest BCUT2D eigenvalue weighted by Gasteiger charge is -2.14. The van der Waals surface area contributed by atoms with Gasteiger partial charge in [-0.15, -0.1) is 0 Å². The van der Waals surface area contributed by atoms with Crippen LogP contribution >= 0.6 is 23.2 Å². The third-order valence-corrected chi connectivity index (χ3v) is 3.58. The molecule has 0 aromatic heterocycles. The smallest absolute Gasteiger partial charge is 0.0845 e. The highest BCUT2D eigenvalue weighted by Crippen LogP contribution is 2.28. The molecule has 0 bridgehead atoms. The Bertz CT molecular complexity index is 552. The van der Waals surface area contributed by atoms with E-state index in [0.717, 1.165) is 16.7 Å². The number of hydrogen-bond donors (Lipinski definition) is 1. The maximum atomic E-state index is 10.2. The number of hydrogen-bond acceptors (Lipinski definition) is 1. The van der Waals surface area contributed by atoms with Crippen LogP contribution < -0.4 is 0 Å². The summed E-state index contributed by atoms with van der Waals surface area (Å²) in [5.41, 5.74) is 2.74. The van der Waals surface area contributed by atoms with Gasteiger partial charge in [-0.3, -0.25) is 0 Å². The Kier molecular flexibility index (Phi) is 4.28. The highest BCUT2D eigenvalue weighted by Gasteiger charge is 2.13. The zero-order valence-electron chi connectivity index (χ0n) is 10.0. The van der Waals surface area contributed by atoms with Crippen molar-refractivity contribution in [3.8, 4) is 0 Å². The van der Waals surface area contributed by atoms with Gasteiger partial charge in [0.2, 0.25) is 0 Å². The van der Waals surface area contributed by atoms with E-state index in [0.29, 0.717) is 16.5 Å². The van der Waals surface area contributed by atoms with E-state index in [2.05, 4.69) is 0 Å². The van der Waals surface area contributed by atoms with Crippen LogP contribution in [-0.2, 0) is 6.42 Å². The number of rotatable bonds is 3. The molecular formula is C15H14Cl2O. The Balaban J connectivity index is 2.22. The molecule has 0 fully saturated rings. The minimum atomic E-state index is -0.641. The van der Waals surface area contributed by atoms with E-state index in [-0.39, 0.29) is 0 Å². The molecule has 0 spiro atoms. The van der Waals surface area contributed by atoms with E-state index < -0.39 is 6.10 Å². The molecule has 2 aromatic carbocycles. The van der Waals surface area contributed by atoms with Crippen molar-refractivity contribution in [1.82, 2.24) is 0 Å². The summed E-state index contributed by atoms with van der Waals surface area (Å²) in [5, 5.41) is 11.5. The molecule has 2 aromatic rings. The van der Waals surface area contributed by atoms with Crippen molar-refractivity contribution in [2.45, 2.75) is 19.4 Å². The quantitative estimate of drug-likeness (QED) is 0.873. The van der Waals surface area contributed by atoms with Crippen LogP contribution in [0.1, 0.15) is 22.8 Å². The van der Waals surface area contributed by atoms with Crippen LogP contribution in [0.4, 0.5) is 0 Å². The van der Waals surface area contributed by atoms with Gasteiger partial charge in [-0.1, -0.05) is 53.5 Å². The molecule has 0 aliphatic rings. The summed E-state index contributed by atoms with van der Waals surface area (Å²) in [6.07, 6.45) is -0.180. The standard InChI is InChI=1S/C15H14Cl2O/c1-10-6-7-12(14(17)8-10)15(18)9-11-4-2-3-5-13(11)16/h2-8,15,18H,9H2,1H3. The maximum Gasteiger partial charge on any atom is 0.0845 e. The summed E-state index contributed by atoms with van der Waals surface area (Å²) < 4.78 is 0. The second kappa shape index (κ2) is 5.75. The molecule has 1 nitrogen and oxygen atoms in total. The Morgan fingerprint density at radius 3 is 2.44 bits per heavy atom. The summed E-state index contributed by atoms with van der Waals surface area (Å²) >= 11 is 12.2. The molecule has 0 heterocycles. The molecule has 18 heavy (non-hydrogen) atoms. The number of aliphatic hydroxyl groups is 1. The summed E-state index contributed by atoms with van der Waals surface area (Å²) in [7, 11) is 0. The summed E-state index contributed by atoms with van der Waals surface area (Å²) in [6.45, 7) is 1.97. The molecular weight excluding hydrogens is 267 g/mol. The van der Waals surface area contributed by atoms with Crippen molar-refractivity contribution in [3.05, 3.63) is 69.2 Å². The van der Waals surface area contributed by atoms with E-state index in [1.165, 1.54) is 0 Å². The predicted octanol–water partition coefficient (Wildman–Crippen LogP) is 4.58. The first-order valence-corrected chi connectivity index (χ1v) is 6.51. The number of benzene rings is 2. The second-order valence-electron chi connectivity index (χ2n) is 4.34. The van der Waals surface area contributed by atoms with E-state index in [4.69, 9.17) is 23.2 Å². The highest BCUT2D eigenvalue weighted by molar-refractivity contribution is 6.31. The van der Waals surface area contributed by atoms with Crippen LogP contribution in [0.2, 0.25) is 10.0 Å². The van der Waals surface area contributed by atoms with Crippen molar-refractivity contribution in [1.29, 1.82) is 0 Å². The average molecular weight is 281 g/mol. The Morgan fingerprint density at radius 2 is 1.78 bits per heavy atom. The van der Waals surface area contributed by atoms with Crippen LogP contribution in [0.3, 0.4) is 0 Å². The lowest BCUT2D eigenvalue weighted by atomic mass is 10.0. The first kappa shape index (κ1) is 13.4. The molecule has 2 rings (SSSR count). The van der Waals surface area contributed by atoms with Gasteiger partial charge in [-0.25, -0.2) is 0 Å². The first-order chi connectivity index (χ1) is 8.58. The molecule has 0 aliphatic heterocycles. The summed E-state index contributed by atoms with van der Waals surface area (Å²) in [4.78, 5) is 0. The third-order valence-electron chi connectivity index (χ3n) is 2.89. The number of aliphatic hydroxyl groups excluding tert-OH is 1. The van der Waals surface area contributed by atoms with E-state index in [9.17, 15) is 5.11 Å². The highest BCUT2D eigenvalue weighted by atomic mass is 35.5. The Morgan fingerprint density at radius 1 is 1.06 bits per heavy atom. The van der Waals surface area contributed by atoms with Gasteiger partial charge < -0.3 is 5.11 Å². The van der Waals surface area contributed by atoms with Crippen LogP contribution in [0.25, 0.3) is 0 Å². The van der Waals surface area contributed by atoms with Crippen molar-refractivity contribution in [3.63, 3.8) is 0 Å². The zero-order chi connectivity index (χ0) is 13.1. The molecule has 0 amide bonds. The largest absolute Gasteiger partial charge is 0.388 e. The Hall–Kier alpha value is -1.02. The molecule has 0 radical (unpaired) electrons. The minimum Gasteiger partial charge on any atom is -0.388 e. The molecule has 94 valence electrons. The SMILES string of the molecule is Cc1ccc(C(O)Cc2ccccc2Cl)c(Cl)c1. The van der Waals surface area contributed by atoms with Crippen molar-refractivity contribution in [2.75, 3.05) is 0 Å². The van der Waals surface area contributed by atoms with Gasteiger partial charge in [0, 0.05) is 16.5 Å². The van der Waals surface area contributed by atoms with Crippen LogP contribution in [0, 0.1) is 6.92 Å². The average Bonchev–Trinajstić information content (AvgIpc) is 2.32. The van der Waals surface area contributed by atoms with E-state index in [1.807, 2.05) is 49.4 Å². The fourth-order valence-electron chi connectivity index (χ4n) is 1.88. The van der Waals surface area contributed by atoms with Crippen molar-refractivity contribution >= 4 is 23.2 Å². The van der Waals surface area contributed by atoms with Gasteiger partial charge in [0.25, 0.3) is 0 Å². The fourth-order valence-corrected chi connectivity index (χ4v) is 2.46. The second-order valence-corrected chi connectivity index (χ2v) is 5.15. The predicted molar refractivity (Wildman–Crippen MR) is 76.3 cm³/mol. The number of halogens is 2. The third kappa shape index (κ3) is 3.05. The monoisotopic (exact) mass is 280 g/mol. The van der Waals surface area contributed by atoms with Gasteiger partial charge in [0.1, 0.15) is 0 Å². The topological polar surface area (TPSA) is 20.2 Å². The normalized spacial score (nSPS) is 12.4. The van der Waals surface area contributed by atoms with Crippen molar-refractivity contribution in [2.24, 2.45) is 0 Å². The van der Waals surface area contributed by atoms with Gasteiger partial charge in [-0.05, 0) is 35.7 Å². The van der Waals surface area contributed by atoms with Crippen LogP contribution in [-0.4, -0.2) is 5.11 Å². The fraction of sp³-hybridized carbons (Fsp3) is 0.200. The number of aryl methyl sites for hydroxylation is 1. The molecule has 1 N–H and O–H groups in total. The summed E-state index contributed by atoms with van der Waals surface area (Å²) in [5.74, 6) is 0. The van der Waals surface area contributed by atoms with Gasteiger partial charge in [0.15, 0.2) is 0 Å². The molecule has 0 saturated heterocycles. The van der Waals surface area contributed by atoms with Gasteiger partial charge in [0.05, 0.1) is 6.10 Å². The molecule has 1 atom stereocenters. The maximum absolute atomic E-state index is 10.2. The Labute approximate surface area is 117 Å². The molecule has 3 heteroatoms. The minimum absolute atomic E-state index is 0.461. The molecule has 0 saturated carbocycles. The van der Waals surface area contributed by atoms with Gasteiger partial charge in [-0.2, -0.15) is 0 Å².